The van der Waals surface area contributed by atoms with Gasteiger partial charge in [-0.3, -0.25) is 4.79 Å². The van der Waals surface area contributed by atoms with Gasteiger partial charge >= 0.3 is 0 Å². The van der Waals surface area contributed by atoms with Crippen LogP contribution in [0, 0.1) is 6.92 Å². The minimum Gasteiger partial charge on any atom is -0.322 e. The zero-order valence-electron chi connectivity index (χ0n) is 17.8. The van der Waals surface area contributed by atoms with Gasteiger partial charge in [-0.1, -0.05) is 52.3 Å². The number of pyridine rings is 1. The molecule has 0 bridgehead atoms. The monoisotopic (exact) mass is 524 g/mol. The van der Waals surface area contributed by atoms with Crippen LogP contribution in [0.15, 0.2) is 65.1 Å². The van der Waals surface area contributed by atoms with Crippen LogP contribution in [0.5, 0.6) is 0 Å². The summed E-state index contributed by atoms with van der Waals surface area (Å²) in [6, 6.07) is 18.4. The van der Waals surface area contributed by atoms with Crippen LogP contribution in [0.25, 0.3) is 22.3 Å². The highest BCUT2D eigenvalue weighted by Crippen LogP contribution is 2.32. The van der Waals surface area contributed by atoms with Crippen molar-refractivity contribution in [3.63, 3.8) is 0 Å². The van der Waals surface area contributed by atoms with Crippen molar-refractivity contribution >= 4 is 48.4 Å². The molecule has 2 aromatic heterocycles. The molecule has 4 aromatic rings. The van der Waals surface area contributed by atoms with E-state index in [0.717, 1.165) is 10.0 Å². The number of benzene rings is 2. The Morgan fingerprint density at radius 2 is 1.91 bits per heavy atom. The average Bonchev–Trinajstić information content (AvgIpc) is 3.32. The largest absolute Gasteiger partial charge is 0.322 e. The lowest BCUT2D eigenvalue weighted by molar-refractivity contribution is 0.102. The maximum absolute atomic E-state index is 13.4. The van der Waals surface area contributed by atoms with Gasteiger partial charge < -0.3 is 5.32 Å². The molecule has 7 nitrogen and oxygen atoms in total. The standard InChI is InChI=1S/C24H21BrN4O3S/c1-15-22-20(24(30)26-18-9-5-8-17(25)12-18)13-21(16-6-3-2-4-7-16)27-23(22)29(28-15)19-10-11-33(31,32)14-19/h2-9,12-13,19H,10-11,14H2,1H3,(H,26,30). The Hall–Kier alpha value is -3.04. The number of nitrogens with zero attached hydrogens (tertiary/aromatic N) is 3. The summed E-state index contributed by atoms with van der Waals surface area (Å²) in [6.45, 7) is 1.82. The molecule has 0 spiro atoms. The lowest BCUT2D eigenvalue weighted by Gasteiger charge is -2.12. The Morgan fingerprint density at radius 1 is 1.12 bits per heavy atom. The van der Waals surface area contributed by atoms with Crippen LogP contribution in [0.3, 0.4) is 0 Å². The van der Waals surface area contributed by atoms with Gasteiger partial charge in [0.15, 0.2) is 15.5 Å². The van der Waals surface area contributed by atoms with E-state index in [1.54, 1.807) is 10.7 Å². The van der Waals surface area contributed by atoms with E-state index >= 15 is 0 Å². The van der Waals surface area contributed by atoms with Crippen LogP contribution in [0.1, 0.15) is 28.5 Å². The van der Waals surface area contributed by atoms with Crippen molar-refractivity contribution in [3.05, 3.63) is 76.4 Å². The van der Waals surface area contributed by atoms with Crippen LogP contribution < -0.4 is 5.32 Å². The second kappa shape index (κ2) is 8.39. The molecular weight excluding hydrogens is 504 g/mol. The van der Waals surface area contributed by atoms with Gasteiger partial charge in [0, 0.05) is 15.7 Å². The molecule has 3 heterocycles. The quantitative estimate of drug-likeness (QED) is 0.414. The number of halogens is 1. The summed E-state index contributed by atoms with van der Waals surface area (Å²) < 4.78 is 26.8. The predicted molar refractivity (Wildman–Crippen MR) is 132 cm³/mol. The van der Waals surface area contributed by atoms with Crippen molar-refractivity contribution in [2.24, 2.45) is 0 Å². The van der Waals surface area contributed by atoms with Gasteiger partial charge in [0.2, 0.25) is 0 Å². The summed E-state index contributed by atoms with van der Waals surface area (Å²) in [5.74, 6) is -0.119. The van der Waals surface area contributed by atoms with Crippen molar-refractivity contribution in [3.8, 4) is 11.3 Å². The molecule has 1 atom stereocenters. The highest BCUT2D eigenvalue weighted by Gasteiger charge is 2.32. The predicted octanol–water partition coefficient (Wildman–Crippen LogP) is 4.78. The molecule has 2 aromatic carbocycles. The Labute approximate surface area is 199 Å². The number of sulfone groups is 1. The van der Waals surface area contributed by atoms with Crippen molar-refractivity contribution in [2.75, 3.05) is 16.8 Å². The highest BCUT2D eigenvalue weighted by atomic mass is 79.9. The molecule has 0 saturated carbocycles. The molecule has 1 fully saturated rings. The smallest absolute Gasteiger partial charge is 0.256 e. The van der Waals surface area contributed by atoms with E-state index < -0.39 is 9.84 Å². The Bertz CT molecular complexity index is 1480. The topological polar surface area (TPSA) is 93.9 Å². The summed E-state index contributed by atoms with van der Waals surface area (Å²) in [4.78, 5) is 18.3. The van der Waals surface area contributed by atoms with Gasteiger partial charge in [-0.15, -0.1) is 0 Å². The van der Waals surface area contributed by atoms with Gasteiger partial charge in [-0.2, -0.15) is 5.10 Å². The molecule has 1 amide bonds. The van der Waals surface area contributed by atoms with Crippen LogP contribution >= 0.6 is 15.9 Å². The Kier molecular flexibility index (Phi) is 5.54. The number of aromatic nitrogens is 3. The average molecular weight is 525 g/mol. The highest BCUT2D eigenvalue weighted by molar-refractivity contribution is 9.10. The fourth-order valence-corrected chi connectivity index (χ4v) is 6.33. The number of fused-ring (bicyclic) bond motifs is 1. The number of amides is 1. The molecule has 33 heavy (non-hydrogen) atoms. The number of aryl methyl sites for hydroxylation is 1. The van der Waals surface area contributed by atoms with Crippen molar-refractivity contribution in [1.82, 2.24) is 14.8 Å². The van der Waals surface area contributed by atoms with Crippen LogP contribution in [0.2, 0.25) is 0 Å². The van der Waals surface area contributed by atoms with Crippen molar-refractivity contribution in [2.45, 2.75) is 19.4 Å². The van der Waals surface area contributed by atoms with Crippen LogP contribution in [-0.4, -0.2) is 40.6 Å². The number of hydrogen-bond acceptors (Lipinski definition) is 5. The number of carbonyl (C=O) groups is 1. The zero-order chi connectivity index (χ0) is 23.2. The first kappa shape index (κ1) is 21.8. The molecular formula is C24H21BrN4O3S. The maximum Gasteiger partial charge on any atom is 0.256 e. The van der Waals surface area contributed by atoms with E-state index in [2.05, 4.69) is 26.3 Å². The number of anilines is 1. The Balaban J connectivity index is 1.68. The lowest BCUT2D eigenvalue weighted by Crippen LogP contribution is -2.15. The minimum atomic E-state index is -3.11. The number of hydrogen-bond donors (Lipinski definition) is 1. The van der Waals surface area contributed by atoms with Crippen LogP contribution in [0.4, 0.5) is 5.69 Å². The summed E-state index contributed by atoms with van der Waals surface area (Å²) in [5.41, 5.74) is 3.76. The summed E-state index contributed by atoms with van der Waals surface area (Å²) in [5, 5.41) is 8.23. The fraction of sp³-hybridized carbons (Fsp3) is 0.208. The van der Waals surface area contributed by atoms with E-state index in [4.69, 9.17) is 4.98 Å². The molecule has 1 aliphatic heterocycles. The summed E-state index contributed by atoms with van der Waals surface area (Å²) in [7, 11) is -3.11. The van der Waals surface area contributed by atoms with E-state index in [-0.39, 0.29) is 23.5 Å². The van der Waals surface area contributed by atoms with E-state index in [9.17, 15) is 13.2 Å². The van der Waals surface area contributed by atoms with E-state index in [1.807, 2.05) is 61.5 Å². The number of rotatable bonds is 4. The van der Waals surface area contributed by atoms with Gasteiger partial charge in [-0.25, -0.2) is 18.1 Å². The zero-order valence-corrected chi connectivity index (χ0v) is 20.2. The van der Waals surface area contributed by atoms with E-state index in [0.29, 0.717) is 40.1 Å². The first-order chi connectivity index (χ1) is 15.8. The first-order valence-corrected chi connectivity index (χ1v) is 13.1. The fourth-order valence-electron chi connectivity index (χ4n) is 4.24. The third-order valence-electron chi connectivity index (χ3n) is 5.79. The molecule has 0 aliphatic carbocycles. The third-order valence-corrected chi connectivity index (χ3v) is 8.03. The summed E-state index contributed by atoms with van der Waals surface area (Å²) in [6.07, 6.45) is 0.482. The minimum absolute atomic E-state index is 0.0278. The second-order valence-electron chi connectivity index (χ2n) is 8.17. The van der Waals surface area contributed by atoms with Gasteiger partial charge in [-0.05, 0) is 37.6 Å². The van der Waals surface area contributed by atoms with Crippen molar-refractivity contribution in [1.29, 1.82) is 0 Å². The first-order valence-electron chi connectivity index (χ1n) is 10.5. The summed E-state index contributed by atoms with van der Waals surface area (Å²) >= 11 is 3.43. The third kappa shape index (κ3) is 4.30. The second-order valence-corrected chi connectivity index (χ2v) is 11.3. The number of carbonyl (C=O) groups excluding carboxylic acids is 1. The molecule has 9 heteroatoms. The van der Waals surface area contributed by atoms with Crippen LogP contribution in [-0.2, 0) is 9.84 Å². The molecule has 0 radical (unpaired) electrons. The molecule has 1 unspecified atom stereocenters. The lowest BCUT2D eigenvalue weighted by atomic mass is 10.0. The Morgan fingerprint density at radius 3 is 2.61 bits per heavy atom. The molecule has 1 aliphatic rings. The number of nitrogens with one attached hydrogen (secondary N) is 1. The maximum atomic E-state index is 13.4. The molecule has 5 rings (SSSR count). The molecule has 1 N–H and O–H groups in total. The van der Waals surface area contributed by atoms with Gasteiger partial charge in [0.1, 0.15) is 0 Å². The van der Waals surface area contributed by atoms with Gasteiger partial charge in [0.25, 0.3) is 5.91 Å². The molecule has 1 saturated heterocycles. The van der Waals surface area contributed by atoms with E-state index in [1.165, 1.54) is 0 Å². The molecule has 168 valence electrons. The van der Waals surface area contributed by atoms with Crippen molar-refractivity contribution < 1.29 is 13.2 Å². The van der Waals surface area contributed by atoms with Gasteiger partial charge in [0.05, 0.1) is 39.9 Å². The normalized spacial score (nSPS) is 17.3. The SMILES string of the molecule is Cc1nn(C2CCS(=O)(=O)C2)c2nc(-c3ccccc3)cc(C(=O)Nc3cccc(Br)c3)c12.